The number of carbonyl (C=O) groups is 3. The molecule has 7 heteroatoms. The maximum absolute atomic E-state index is 13.0. The minimum absolute atomic E-state index is 0.0403. The van der Waals surface area contributed by atoms with Crippen LogP contribution in [-0.4, -0.2) is 64.4 Å². The first-order valence-electron chi connectivity index (χ1n) is 12.6. The molecule has 1 aromatic carbocycles. The Morgan fingerprint density at radius 2 is 1.59 bits per heavy atom. The SMILES string of the molecule is O=C(NC1=CC(c2ccc(C(=O)N3CCN(C(=O)C4(O)CC4)CC3)cc2)=CCC1)C1CCCC1. The molecule has 4 aliphatic rings. The number of amides is 3. The van der Waals surface area contributed by atoms with Gasteiger partial charge in [-0.2, -0.15) is 0 Å². The normalized spacial score (nSPS) is 22.1. The zero-order valence-corrected chi connectivity index (χ0v) is 19.6. The lowest BCUT2D eigenvalue weighted by molar-refractivity contribution is -0.143. The largest absolute Gasteiger partial charge is 0.380 e. The maximum Gasteiger partial charge on any atom is 0.254 e. The zero-order valence-electron chi connectivity index (χ0n) is 19.6. The lowest BCUT2D eigenvalue weighted by Gasteiger charge is -2.35. The molecule has 1 heterocycles. The fourth-order valence-electron chi connectivity index (χ4n) is 5.18. The van der Waals surface area contributed by atoms with E-state index in [9.17, 15) is 19.5 Å². The van der Waals surface area contributed by atoms with Crippen molar-refractivity contribution in [1.29, 1.82) is 0 Å². The number of hydrogen-bond acceptors (Lipinski definition) is 4. The Kier molecular flexibility index (Phi) is 6.30. The Morgan fingerprint density at radius 1 is 0.941 bits per heavy atom. The summed E-state index contributed by atoms with van der Waals surface area (Å²) in [5.41, 5.74) is 2.54. The van der Waals surface area contributed by atoms with Crippen molar-refractivity contribution in [3.8, 4) is 0 Å². The van der Waals surface area contributed by atoms with Crippen molar-refractivity contribution in [3.05, 3.63) is 53.2 Å². The highest BCUT2D eigenvalue weighted by Crippen LogP contribution is 2.37. The van der Waals surface area contributed by atoms with Gasteiger partial charge in [0.15, 0.2) is 0 Å². The molecule has 1 saturated heterocycles. The summed E-state index contributed by atoms with van der Waals surface area (Å²) >= 11 is 0. The zero-order chi connectivity index (χ0) is 23.7. The average Bonchev–Trinajstić information content (AvgIpc) is 3.38. The molecule has 3 amide bonds. The van der Waals surface area contributed by atoms with Crippen molar-refractivity contribution in [1.82, 2.24) is 15.1 Å². The number of piperazine rings is 1. The van der Waals surface area contributed by atoms with Crippen LogP contribution in [0.3, 0.4) is 0 Å². The summed E-state index contributed by atoms with van der Waals surface area (Å²) < 4.78 is 0. The van der Waals surface area contributed by atoms with Crippen LogP contribution < -0.4 is 5.32 Å². The van der Waals surface area contributed by atoms with Crippen LogP contribution in [0.2, 0.25) is 0 Å². The first-order chi connectivity index (χ1) is 16.4. The molecule has 1 aromatic rings. The van der Waals surface area contributed by atoms with Crippen molar-refractivity contribution < 1.29 is 19.5 Å². The highest BCUT2D eigenvalue weighted by molar-refractivity contribution is 5.95. The molecule has 5 rings (SSSR count). The number of aliphatic hydroxyl groups is 1. The molecular weight excluding hydrogens is 430 g/mol. The standard InChI is InChI=1S/C27H33N3O4/c31-24(20-4-1-2-5-20)28-23-7-3-6-22(18-23)19-8-10-21(11-9-19)25(32)29-14-16-30(17-15-29)26(33)27(34)12-13-27/h6,8-11,18,20,34H,1-5,7,12-17H2,(H,28,31). The third-order valence-electron chi connectivity index (χ3n) is 7.56. The average molecular weight is 464 g/mol. The smallest absolute Gasteiger partial charge is 0.254 e. The predicted octanol–water partition coefficient (Wildman–Crippen LogP) is 2.86. The molecule has 2 N–H and O–H groups in total. The van der Waals surface area contributed by atoms with E-state index in [1.165, 1.54) is 0 Å². The van der Waals surface area contributed by atoms with E-state index in [0.29, 0.717) is 44.6 Å². The van der Waals surface area contributed by atoms with Gasteiger partial charge in [-0.3, -0.25) is 14.4 Å². The molecule has 7 nitrogen and oxygen atoms in total. The van der Waals surface area contributed by atoms with Crippen LogP contribution in [0, 0.1) is 5.92 Å². The molecule has 2 saturated carbocycles. The third kappa shape index (κ3) is 4.80. The van der Waals surface area contributed by atoms with Gasteiger partial charge in [-0.15, -0.1) is 0 Å². The number of benzene rings is 1. The highest BCUT2D eigenvalue weighted by atomic mass is 16.3. The van der Waals surface area contributed by atoms with Gasteiger partial charge in [-0.1, -0.05) is 31.1 Å². The van der Waals surface area contributed by atoms with E-state index >= 15 is 0 Å². The second-order valence-electron chi connectivity index (χ2n) is 10.0. The molecule has 3 fully saturated rings. The minimum Gasteiger partial charge on any atom is -0.380 e. The monoisotopic (exact) mass is 463 g/mol. The van der Waals surface area contributed by atoms with Crippen LogP contribution in [0.15, 0.2) is 42.1 Å². The minimum atomic E-state index is -1.15. The highest BCUT2D eigenvalue weighted by Gasteiger charge is 2.50. The maximum atomic E-state index is 13.0. The second kappa shape index (κ2) is 9.37. The first kappa shape index (κ1) is 22.8. The molecule has 0 atom stereocenters. The van der Waals surface area contributed by atoms with Crippen molar-refractivity contribution in [2.45, 2.75) is 57.0 Å². The molecule has 3 aliphatic carbocycles. The van der Waals surface area contributed by atoms with Crippen molar-refractivity contribution in [2.75, 3.05) is 26.2 Å². The number of nitrogens with zero attached hydrogens (tertiary/aromatic N) is 2. The number of carbonyl (C=O) groups excluding carboxylic acids is 3. The van der Waals surface area contributed by atoms with Gasteiger partial charge in [0.2, 0.25) is 5.91 Å². The molecule has 0 unspecified atom stereocenters. The number of allylic oxidation sites excluding steroid dienone is 4. The summed E-state index contributed by atoms with van der Waals surface area (Å²) in [5, 5.41) is 13.2. The predicted molar refractivity (Wildman–Crippen MR) is 129 cm³/mol. The number of hydrogen-bond donors (Lipinski definition) is 2. The van der Waals surface area contributed by atoms with Gasteiger partial charge in [-0.25, -0.2) is 0 Å². The van der Waals surface area contributed by atoms with E-state index in [1.807, 2.05) is 24.3 Å². The molecular formula is C27H33N3O4. The Hall–Kier alpha value is -2.93. The summed E-state index contributed by atoms with van der Waals surface area (Å²) in [4.78, 5) is 41.2. The van der Waals surface area contributed by atoms with E-state index in [0.717, 1.165) is 55.4 Å². The third-order valence-corrected chi connectivity index (χ3v) is 7.56. The summed E-state index contributed by atoms with van der Waals surface area (Å²) in [6, 6.07) is 7.61. The molecule has 0 aromatic heterocycles. The molecule has 0 radical (unpaired) electrons. The van der Waals surface area contributed by atoms with Crippen LogP contribution in [0.4, 0.5) is 0 Å². The lowest BCUT2D eigenvalue weighted by atomic mass is 9.96. The fourth-order valence-corrected chi connectivity index (χ4v) is 5.18. The molecule has 0 bridgehead atoms. The topological polar surface area (TPSA) is 90.0 Å². The summed E-state index contributed by atoms with van der Waals surface area (Å²) in [6.07, 6.45) is 11.3. The molecule has 0 spiro atoms. The van der Waals surface area contributed by atoms with Gasteiger partial charge in [0.05, 0.1) is 0 Å². The Bertz CT molecular complexity index is 1020. The summed E-state index contributed by atoms with van der Waals surface area (Å²) in [5.74, 6) is 0.0658. The van der Waals surface area contributed by atoms with Crippen molar-refractivity contribution >= 4 is 23.3 Å². The van der Waals surface area contributed by atoms with Gasteiger partial charge in [0.1, 0.15) is 5.60 Å². The lowest BCUT2D eigenvalue weighted by Crippen LogP contribution is -2.53. The Labute approximate surface area is 200 Å². The van der Waals surface area contributed by atoms with Crippen LogP contribution >= 0.6 is 0 Å². The van der Waals surface area contributed by atoms with Gasteiger partial charge in [-0.05, 0) is 67.9 Å². The van der Waals surface area contributed by atoms with E-state index in [-0.39, 0.29) is 23.6 Å². The van der Waals surface area contributed by atoms with Crippen LogP contribution in [0.5, 0.6) is 0 Å². The number of nitrogens with one attached hydrogen (secondary N) is 1. The van der Waals surface area contributed by atoms with Crippen LogP contribution in [0.1, 0.15) is 67.3 Å². The number of rotatable bonds is 5. The van der Waals surface area contributed by atoms with Gasteiger partial charge >= 0.3 is 0 Å². The van der Waals surface area contributed by atoms with Crippen molar-refractivity contribution in [2.24, 2.45) is 5.92 Å². The molecule has 1 aliphatic heterocycles. The first-order valence-corrected chi connectivity index (χ1v) is 12.6. The second-order valence-corrected chi connectivity index (χ2v) is 10.0. The van der Waals surface area contributed by atoms with Crippen LogP contribution in [-0.2, 0) is 9.59 Å². The molecule has 34 heavy (non-hydrogen) atoms. The van der Waals surface area contributed by atoms with Gasteiger partial charge in [0.25, 0.3) is 11.8 Å². The van der Waals surface area contributed by atoms with E-state index in [4.69, 9.17) is 0 Å². The summed E-state index contributed by atoms with van der Waals surface area (Å²) in [7, 11) is 0. The van der Waals surface area contributed by atoms with Gasteiger partial charge in [0, 0.05) is 43.4 Å². The quantitative estimate of drug-likeness (QED) is 0.703. The van der Waals surface area contributed by atoms with Crippen molar-refractivity contribution in [3.63, 3.8) is 0 Å². The molecule has 180 valence electrons. The van der Waals surface area contributed by atoms with E-state index < -0.39 is 5.60 Å². The Morgan fingerprint density at radius 3 is 2.24 bits per heavy atom. The Balaban J connectivity index is 1.18. The van der Waals surface area contributed by atoms with E-state index in [1.54, 1.807) is 9.80 Å². The van der Waals surface area contributed by atoms with E-state index in [2.05, 4.69) is 17.5 Å². The van der Waals surface area contributed by atoms with Crippen LogP contribution in [0.25, 0.3) is 5.57 Å². The fraction of sp³-hybridized carbons (Fsp3) is 0.519. The summed E-state index contributed by atoms with van der Waals surface area (Å²) in [6.45, 7) is 1.86. The van der Waals surface area contributed by atoms with Gasteiger partial charge < -0.3 is 20.2 Å².